The average Bonchev–Trinajstić information content (AvgIpc) is 2.74. The van der Waals surface area contributed by atoms with Crippen LogP contribution >= 0.6 is 11.6 Å². The summed E-state index contributed by atoms with van der Waals surface area (Å²) in [6.07, 6.45) is 0.469. The van der Waals surface area contributed by atoms with Crippen molar-refractivity contribution in [3.05, 3.63) is 80.6 Å². The molecule has 0 radical (unpaired) electrons. The molecule has 1 heterocycles. The Bertz CT molecular complexity index is 1190. The van der Waals surface area contributed by atoms with Crippen LogP contribution in [-0.4, -0.2) is 16.8 Å². The maximum absolute atomic E-state index is 13.0. The van der Waals surface area contributed by atoms with E-state index in [1.54, 1.807) is 38.3 Å². The predicted molar refractivity (Wildman–Crippen MR) is 114 cm³/mol. The third-order valence-corrected chi connectivity index (χ3v) is 4.86. The molecule has 7 nitrogen and oxygen atoms in total. The van der Waals surface area contributed by atoms with Gasteiger partial charge in [-0.2, -0.15) is 10.4 Å². The summed E-state index contributed by atoms with van der Waals surface area (Å²) in [5.41, 5.74) is 1.15. The van der Waals surface area contributed by atoms with Crippen LogP contribution in [0.25, 0.3) is 0 Å². The van der Waals surface area contributed by atoms with Gasteiger partial charge in [-0.15, -0.1) is 5.11 Å². The number of hydrogen-bond donors (Lipinski definition) is 1. The summed E-state index contributed by atoms with van der Waals surface area (Å²) < 4.78 is 6.28. The largest absolute Gasteiger partial charge is 0.497 e. The summed E-state index contributed by atoms with van der Waals surface area (Å²) in [6, 6.07) is 16.0. The summed E-state index contributed by atoms with van der Waals surface area (Å²) in [4.78, 5) is 13.0. The normalized spacial score (nSPS) is 10.9. The van der Waals surface area contributed by atoms with Gasteiger partial charge in [0, 0.05) is 17.1 Å². The topological polar surface area (TPSA) is 100.0 Å². The number of aryl methyl sites for hydroxylation is 1. The Balaban J connectivity index is 1.97. The van der Waals surface area contributed by atoms with Crippen LogP contribution < -0.4 is 10.3 Å². The van der Waals surface area contributed by atoms with Gasteiger partial charge in [0.15, 0.2) is 5.69 Å². The highest BCUT2D eigenvalue weighted by Crippen LogP contribution is 2.27. The van der Waals surface area contributed by atoms with Crippen LogP contribution in [0, 0.1) is 18.3 Å². The Morgan fingerprint density at radius 1 is 1.20 bits per heavy atom. The molecule has 1 aromatic heterocycles. The van der Waals surface area contributed by atoms with E-state index < -0.39 is 5.56 Å². The van der Waals surface area contributed by atoms with E-state index in [1.165, 1.54) is 0 Å². The summed E-state index contributed by atoms with van der Waals surface area (Å²) in [5.74, 6) is 0.347. The van der Waals surface area contributed by atoms with Gasteiger partial charge >= 0.3 is 0 Å². The lowest BCUT2D eigenvalue weighted by molar-refractivity contribution is 0.403. The number of pyridine rings is 1. The molecule has 0 saturated heterocycles. The molecule has 30 heavy (non-hydrogen) atoms. The standard InChI is InChI=1S/C22H19ClN4O3/c1-14-19(13-24)21(28)27(11-10-15-6-8-18(30-2)9-7-15)22(29)20(14)26-25-17-5-3-4-16(23)12-17/h3-9,12,28H,10-11H2,1-2H3. The fourth-order valence-electron chi connectivity index (χ4n) is 2.94. The quantitative estimate of drug-likeness (QED) is 0.561. The predicted octanol–water partition coefficient (Wildman–Crippen LogP) is 5.05. The number of aromatic nitrogens is 1. The van der Waals surface area contributed by atoms with Gasteiger partial charge in [-0.05, 0) is 49.2 Å². The van der Waals surface area contributed by atoms with Gasteiger partial charge in [-0.1, -0.05) is 29.8 Å². The second kappa shape index (κ2) is 9.25. The molecule has 0 atom stereocenters. The number of methoxy groups -OCH3 is 1. The van der Waals surface area contributed by atoms with Gasteiger partial charge in [0.2, 0.25) is 5.88 Å². The molecule has 0 amide bonds. The van der Waals surface area contributed by atoms with Crippen molar-refractivity contribution in [3.63, 3.8) is 0 Å². The first-order valence-electron chi connectivity index (χ1n) is 9.11. The maximum Gasteiger partial charge on any atom is 0.281 e. The van der Waals surface area contributed by atoms with Gasteiger partial charge in [0.25, 0.3) is 5.56 Å². The van der Waals surface area contributed by atoms with E-state index in [1.807, 2.05) is 30.3 Å². The molecule has 0 fully saturated rings. The highest BCUT2D eigenvalue weighted by Gasteiger charge is 2.19. The zero-order valence-electron chi connectivity index (χ0n) is 16.5. The van der Waals surface area contributed by atoms with Crippen LogP contribution in [0.4, 0.5) is 11.4 Å². The molecular formula is C22H19ClN4O3. The number of halogens is 1. The third kappa shape index (κ3) is 4.50. The van der Waals surface area contributed by atoms with E-state index in [-0.39, 0.29) is 29.2 Å². The first-order valence-corrected chi connectivity index (χ1v) is 9.49. The van der Waals surface area contributed by atoms with E-state index in [0.717, 1.165) is 15.9 Å². The second-order valence-corrected chi connectivity index (χ2v) is 6.96. The molecule has 3 rings (SSSR count). The highest BCUT2D eigenvalue weighted by molar-refractivity contribution is 6.30. The Hall–Kier alpha value is -3.63. The smallest absolute Gasteiger partial charge is 0.281 e. The molecule has 3 aromatic rings. The zero-order chi connectivity index (χ0) is 21.7. The summed E-state index contributed by atoms with van der Waals surface area (Å²) in [6.45, 7) is 1.73. The van der Waals surface area contributed by atoms with Crippen molar-refractivity contribution in [2.75, 3.05) is 7.11 Å². The van der Waals surface area contributed by atoms with Crippen molar-refractivity contribution < 1.29 is 9.84 Å². The number of benzene rings is 2. The SMILES string of the molecule is COc1ccc(CCn2c(O)c(C#N)c(C)c(N=Nc3cccc(Cl)c3)c2=O)cc1. The van der Waals surface area contributed by atoms with E-state index >= 15 is 0 Å². The van der Waals surface area contributed by atoms with Crippen LogP contribution in [0.5, 0.6) is 11.6 Å². The molecule has 0 saturated carbocycles. The lowest BCUT2D eigenvalue weighted by Gasteiger charge is -2.13. The molecule has 0 spiro atoms. The highest BCUT2D eigenvalue weighted by atomic mass is 35.5. The molecule has 152 valence electrons. The monoisotopic (exact) mass is 422 g/mol. The first kappa shape index (κ1) is 21.1. The minimum absolute atomic E-state index is 0.000874. The third-order valence-electron chi connectivity index (χ3n) is 4.63. The Morgan fingerprint density at radius 3 is 2.57 bits per heavy atom. The molecule has 0 bridgehead atoms. The molecule has 1 N–H and O–H groups in total. The van der Waals surface area contributed by atoms with Crippen LogP contribution in [0.1, 0.15) is 16.7 Å². The maximum atomic E-state index is 13.0. The van der Waals surface area contributed by atoms with E-state index in [0.29, 0.717) is 17.1 Å². The number of hydrogen-bond acceptors (Lipinski definition) is 6. The molecule has 2 aromatic carbocycles. The number of ether oxygens (including phenoxy) is 1. The number of azo groups is 1. The van der Waals surface area contributed by atoms with Gasteiger partial charge < -0.3 is 9.84 Å². The molecule has 8 heteroatoms. The van der Waals surface area contributed by atoms with E-state index in [4.69, 9.17) is 16.3 Å². The Morgan fingerprint density at radius 2 is 1.93 bits per heavy atom. The lowest BCUT2D eigenvalue weighted by atomic mass is 10.1. The van der Waals surface area contributed by atoms with Crippen molar-refractivity contribution in [2.45, 2.75) is 19.9 Å². The molecule has 0 aliphatic rings. The van der Waals surface area contributed by atoms with Crippen LogP contribution in [0.3, 0.4) is 0 Å². The fraction of sp³-hybridized carbons (Fsp3) is 0.182. The zero-order valence-corrected chi connectivity index (χ0v) is 17.2. The van der Waals surface area contributed by atoms with Crippen molar-refractivity contribution >= 4 is 23.0 Å². The van der Waals surface area contributed by atoms with E-state index in [2.05, 4.69) is 10.2 Å². The molecule has 0 unspecified atom stereocenters. The van der Waals surface area contributed by atoms with Crippen LogP contribution in [-0.2, 0) is 13.0 Å². The van der Waals surface area contributed by atoms with Gasteiger partial charge in [0.1, 0.15) is 17.4 Å². The number of rotatable bonds is 6. The van der Waals surface area contributed by atoms with Gasteiger partial charge in [0.05, 0.1) is 12.8 Å². The average molecular weight is 423 g/mol. The van der Waals surface area contributed by atoms with Crippen LogP contribution in [0.2, 0.25) is 5.02 Å². The van der Waals surface area contributed by atoms with Crippen LogP contribution in [0.15, 0.2) is 63.6 Å². The van der Waals surface area contributed by atoms with Crippen molar-refractivity contribution in [1.82, 2.24) is 4.57 Å². The second-order valence-electron chi connectivity index (χ2n) is 6.52. The Labute approximate surface area is 178 Å². The van der Waals surface area contributed by atoms with E-state index in [9.17, 15) is 15.2 Å². The summed E-state index contributed by atoms with van der Waals surface area (Å²) in [5, 5.41) is 28.6. The summed E-state index contributed by atoms with van der Waals surface area (Å²) in [7, 11) is 1.59. The first-order chi connectivity index (χ1) is 14.4. The fourth-order valence-corrected chi connectivity index (χ4v) is 3.13. The van der Waals surface area contributed by atoms with Crippen molar-refractivity contribution in [2.24, 2.45) is 10.2 Å². The Kier molecular flexibility index (Phi) is 6.50. The van der Waals surface area contributed by atoms with Crippen molar-refractivity contribution in [3.8, 4) is 17.7 Å². The van der Waals surface area contributed by atoms with Gasteiger partial charge in [-0.3, -0.25) is 9.36 Å². The molecular weight excluding hydrogens is 404 g/mol. The minimum Gasteiger partial charge on any atom is -0.497 e. The van der Waals surface area contributed by atoms with Crippen molar-refractivity contribution in [1.29, 1.82) is 5.26 Å². The molecule has 0 aliphatic carbocycles. The summed E-state index contributed by atoms with van der Waals surface area (Å²) >= 11 is 5.95. The lowest BCUT2D eigenvalue weighted by Crippen LogP contribution is -2.22. The van der Waals surface area contributed by atoms with Gasteiger partial charge in [-0.25, -0.2) is 0 Å². The number of nitriles is 1. The molecule has 0 aliphatic heterocycles. The number of nitrogens with zero attached hydrogens (tertiary/aromatic N) is 4. The minimum atomic E-state index is -0.525. The number of aromatic hydroxyl groups is 1.